The highest BCUT2D eigenvalue weighted by Crippen LogP contribution is 2.27. The highest BCUT2D eigenvalue weighted by Gasteiger charge is 2.28. The third kappa shape index (κ3) is 3.62. The Morgan fingerprint density at radius 1 is 1.38 bits per heavy atom. The summed E-state index contributed by atoms with van der Waals surface area (Å²) in [5, 5.41) is 0.408. The fourth-order valence-electron chi connectivity index (χ4n) is 2.84. The maximum absolute atomic E-state index is 12.0. The van der Waals surface area contributed by atoms with Gasteiger partial charge in [0.15, 0.2) is 0 Å². The number of ether oxygens (including phenoxy) is 2. The van der Waals surface area contributed by atoms with E-state index in [1.54, 1.807) is 6.07 Å². The number of halogens is 1. The Labute approximate surface area is 146 Å². The van der Waals surface area contributed by atoms with Gasteiger partial charge in [0.1, 0.15) is 23.2 Å². The molecule has 6 heteroatoms. The lowest BCUT2D eigenvalue weighted by Crippen LogP contribution is -2.27. The second kappa shape index (κ2) is 7.09. The topological polar surface area (TPSA) is 51.7 Å². The molecular formula is C18H19ClN2O3. The number of benzene rings is 1. The van der Waals surface area contributed by atoms with E-state index in [1.165, 1.54) is 13.3 Å². The number of rotatable bonds is 4. The van der Waals surface area contributed by atoms with Gasteiger partial charge in [0, 0.05) is 19.2 Å². The van der Waals surface area contributed by atoms with E-state index in [0.717, 1.165) is 24.3 Å². The van der Waals surface area contributed by atoms with Crippen LogP contribution in [0.15, 0.2) is 36.5 Å². The van der Waals surface area contributed by atoms with Gasteiger partial charge in [-0.15, -0.1) is 0 Å². The van der Waals surface area contributed by atoms with Crippen molar-refractivity contribution < 1.29 is 14.3 Å². The molecule has 1 aromatic heterocycles. The molecule has 24 heavy (non-hydrogen) atoms. The number of hydrogen-bond acceptors (Lipinski definition) is 5. The van der Waals surface area contributed by atoms with E-state index in [-0.39, 0.29) is 6.10 Å². The van der Waals surface area contributed by atoms with Crippen molar-refractivity contribution in [1.29, 1.82) is 0 Å². The van der Waals surface area contributed by atoms with Gasteiger partial charge in [0.2, 0.25) is 0 Å². The fourth-order valence-corrected chi connectivity index (χ4v) is 3.00. The molecule has 0 aliphatic carbocycles. The molecule has 0 spiro atoms. The number of carbonyl (C=O) groups excluding carboxylic acids is 1. The summed E-state index contributed by atoms with van der Waals surface area (Å²) in [4.78, 5) is 18.3. The number of carbonyl (C=O) groups is 1. The molecule has 5 nitrogen and oxygen atoms in total. The van der Waals surface area contributed by atoms with Crippen molar-refractivity contribution in [2.75, 3.05) is 25.1 Å². The van der Waals surface area contributed by atoms with Crippen molar-refractivity contribution in [3.8, 4) is 5.75 Å². The van der Waals surface area contributed by atoms with Gasteiger partial charge in [-0.25, -0.2) is 9.78 Å². The van der Waals surface area contributed by atoms with E-state index in [2.05, 4.69) is 4.98 Å². The number of pyridine rings is 1. The molecule has 1 aliphatic rings. The monoisotopic (exact) mass is 346 g/mol. The van der Waals surface area contributed by atoms with Crippen LogP contribution in [-0.4, -0.2) is 37.3 Å². The summed E-state index contributed by atoms with van der Waals surface area (Å²) in [6.07, 6.45) is 2.45. The standard InChI is InChI=1S/C18H19ClN2O3/c1-12-4-3-5-14(8-12)24-15-6-7-21(11-15)17-16(18(22)23-2)9-13(19)10-20-17/h3-5,8-10,15H,6-7,11H2,1-2H3. The smallest absolute Gasteiger partial charge is 0.341 e. The highest BCUT2D eigenvalue weighted by atomic mass is 35.5. The predicted octanol–water partition coefficient (Wildman–Crippen LogP) is 3.49. The zero-order valence-corrected chi connectivity index (χ0v) is 14.4. The summed E-state index contributed by atoms with van der Waals surface area (Å²) < 4.78 is 10.9. The van der Waals surface area contributed by atoms with E-state index < -0.39 is 5.97 Å². The van der Waals surface area contributed by atoms with Crippen LogP contribution < -0.4 is 9.64 Å². The van der Waals surface area contributed by atoms with Gasteiger partial charge in [-0.05, 0) is 30.7 Å². The largest absolute Gasteiger partial charge is 0.489 e. The number of hydrogen-bond donors (Lipinski definition) is 0. The van der Waals surface area contributed by atoms with Gasteiger partial charge in [0.05, 0.1) is 18.7 Å². The minimum atomic E-state index is -0.442. The van der Waals surface area contributed by atoms with Gasteiger partial charge in [0.25, 0.3) is 0 Å². The van der Waals surface area contributed by atoms with Crippen molar-refractivity contribution in [2.45, 2.75) is 19.4 Å². The molecule has 0 bridgehead atoms. The third-order valence-corrected chi connectivity index (χ3v) is 4.18. The first-order valence-corrected chi connectivity index (χ1v) is 8.17. The molecule has 3 rings (SSSR count). The molecule has 2 heterocycles. The highest BCUT2D eigenvalue weighted by molar-refractivity contribution is 6.30. The van der Waals surface area contributed by atoms with Crippen molar-refractivity contribution >= 4 is 23.4 Å². The third-order valence-electron chi connectivity index (χ3n) is 3.98. The van der Waals surface area contributed by atoms with Gasteiger partial charge in [-0.2, -0.15) is 0 Å². The van der Waals surface area contributed by atoms with E-state index in [9.17, 15) is 4.79 Å². The Morgan fingerprint density at radius 2 is 2.21 bits per heavy atom. The second-order valence-corrected chi connectivity index (χ2v) is 6.24. The zero-order valence-electron chi connectivity index (χ0n) is 13.7. The van der Waals surface area contributed by atoms with Crippen molar-refractivity contribution in [3.63, 3.8) is 0 Å². The molecule has 0 saturated carbocycles. The van der Waals surface area contributed by atoms with Crippen LogP contribution in [0.2, 0.25) is 5.02 Å². The molecule has 1 atom stereocenters. The summed E-state index contributed by atoms with van der Waals surface area (Å²) in [7, 11) is 1.35. The summed E-state index contributed by atoms with van der Waals surface area (Å²) in [6, 6.07) is 9.57. The molecule has 0 amide bonds. The van der Waals surface area contributed by atoms with Crippen LogP contribution in [-0.2, 0) is 4.74 Å². The maximum atomic E-state index is 12.0. The zero-order chi connectivity index (χ0) is 17.1. The summed E-state index contributed by atoms with van der Waals surface area (Å²) in [6.45, 7) is 3.45. The van der Waals surface area contributed by atoms with E-state index in [1.807, 2.05) is 36.1 Å². The normalized spacial score (nSPS) is 17.0. The van der Waals surface area contributed by atoms with Crippen molar-refractivity contribution in [3.05, 3.63) is 52.7 Å². The minimum absolute atomic E-state index is 0.0507. The molecule has 0 radical (unpaired) electrons. The Kier molecular flexibility index (Phi) is 4.90. The van der Waals surface area contributed by atoms with Crippen LogP contribution in [0.5, 0.6) is 5.75 Å². The Bertz CT molecular complexity index is 751. The molecule has 1 fully saturated rings. The van der Waals surface area contributed by atoms with Crippen molar-refractivity contribution in [1.82, 2.24) is 4.98 Å². The first kappa shape index (κ1) is 16.6. The first-order valence-electron chi connectivity index (χ1n) is 7.79. The van der Waals surface area contributed by atoms with Gasteiger partial charge >= 0.3 is 5.97 Å². The lowest BCUT2D eigenvalue weighted by atomic mass is 10.2. The predicted molar refractivity (Wildman–Crippen MR) is 93.0 cm³/mol. The Balaban J connectivity index is 1.75. The minimum Gasteiger partial charge on any atom is -0.489 e. The summed E-state index contributed by atoms with van der Waals surface area (Å²) in [5.41, 5.74) is 1.54. The SMILES string of the molecule is COC(=O)c1cc(Cl)cnc1N1CCC(Oc2cccc(C)c2)C1. The molecule has 126 valence electrons. The van der Waals surface area contributed by atoms with E-state index in [0.29, 0.717) is 22.9 Å². The van der Waals surface area contributed by atoms with E-state index >= 15 is 0 Å². The molecular weight excluding hydrogens is 328 g/mol. The Hall–Kier alpha value is -2.27. The van der Waals surface area contributed by atoms with Crippen molar-refractivity contribution in [2.24, 2.45) is 0 Å². The quantitative estimate of drug-likeness (QED) is 0.793. The van der Waals surface area contributed by atoms with Gasteiger partial charge in [-0.1, -0.05) is 23.7 Å². The lowest BCUT2D eigenvalue weighted by molar-refractivity contribution is 0.0601. The van der Waals surface area contributed by atoms with Crippen LogP contribution >= 0.6 is 11.6 Å². The number of aryl methyl sites for hydroxylation is 1. The number of anilines is 1. The molecule has 1 aliphatic heterocycles. The average molecular weight is 347 g/mol. The Morgan fingerprint density at radius 3 is 2.96 bits per heavy atom. The number of aromatic nitrogens is 1. The number of esters is 1. The molecule has 0 N–H and O–H groups in total. The van der Waals surface area contributed by atoms with Crippen LogP contribution in [0.3, 0.4) is 0 Å². The molecule has 1 aromatic carbocycles. The molecule has 2 aromatic rings. The van der Waals surface area contributed by atoms with Crippen LogP contribution in [0, 0.1) is 6.92 Å². The lowest BCUT2D eigenvalue weighted by Gasteiger charge is -2.20. The molecule has 1 unspecified atom stereocenters. The van der Waals surface area contributed by atoms with Crippen LogP contribution in [0.4, 0.5) is 5.82 Å². The van der Waals surface area contributed by atoms with Gasteiger partial charge in [-0.3, -0.25) is 0 Å². The fraction of sp³-hybridized carbons (Fsp3) is 0.333. The summed E-state index contributed by atoms with van der Waals surface area (Å²) >= 11 is 5.96. The second-order valence-electron chi connectivity index (χ2n) is 5.81. The number of nitrogens with zero attached hydrogens (tertiary/aromatic N) is 2. The maximum Gasteiger partial charge on any atom is 0.341 e. The summed E-state index contributed by atoms with van der Waals surface area (Å²) in [5.74, 6) is 1.00. The average Bonchev–Trinajstić information content (AvgIpc) is 3.02. The number of methoxy groups -OCH3 is 1. The van der Waals surface area contributed by atoms with Crippen LogP contribution in [0.1, 0.15) is 22.3 Å². The van der Waals surface area contributed by atoms with Crippen LogP contribution in [0.25, 0.3) is 0 Å². The molecule has 1 saturated heterocycles. The van der Waals surface area contributed by atoms with Gasteiger partial charge < -0.3 is 14.4 Å². The van der Waals surface area contributed by atoms with E-state index in [4.69, 9.17) is 21.1 Å². The first-order chi connectivity index (χ1) is 11.6.